The first-order valence-corrected chi connectivity index (χ1v) is 8.47. The van der Waals surface area contributed by atoms with Crippen LogP contribution >= 0.6 is 0 Å². The third-order valence-corrected chi connectivity index (χ3v) is 4.84. The number of aryl methyl sites for hydroxylation is 1. The second-order valence-electron chi connectivity index (χ2n) is 6.82. The summed E-state index contributed by atoms with van der Waals surface area (Å²) in [4.78, 5) is 12.2. The van der Waals surface area contributed by atoms with E-state index in [1.807, 2.05) is 13.0 Å². The number of ether oxygens (including phenoxy) is 1. The number of carbonyl (C=O) groups excluding carboxylic acids is 1. The zero-order chi connectivity index (χ0) is 16.4. The van der Waals surface area contributed by atoms with Crippen LogP contribution in [0.4, 0.5) is 9.18 Å². The molecule has 126 valence electrons. The lowest BCUT2D eigenvalue weighted by molar-refractivity contribution is -0.00917. The van der Waals surface area contributed by atoms with Gasteiger partial charge in [-0.05, 0) is 62.6 Å². The van der Waals surface area contributed by atoms with Gasteiger partial charge in [0, 0.05) is 12.6 Å². The molecule has 2 fully saturated rings. The van der Waals surface area contributed by atoms with Crippen molar-refractivity contribution >= 4 is 6.03 Å². The Kier molecular flexibility index (Phi) is 4.85. The highest BCUT2D eigenvalue weighted by Gasteiger charge is 2.36. The van der Waals surface area contributed by atoms with E-state index in [1.54, 1.807) is 13.0 Å². The molecule has 23 heavy (non-hydrogen) atoms. The van der Waals surface area contributed by atoms with E-state index in [4.69, 9.17) is 4.74 Å². The van der Waals surface area contributed by atoms with E-state index in [9.17, 15) is 9.18 Å². The summed E-state index contributed by atoms with van der Waals surface area (Å²) in [6.07, 6.45) is 4.55. The van der Waals surface area contributed by atoms with Crippen LogP contribution in [0.5, 0.6) is 0 Å². The molecule has 1 aliphatic carbocycles. The number of hydrogen-bond acceptors (Lipinski definition) is 2. The topological polar surface area (TPSA) is 50.4 Å². The van der Waals surface area contributed by atoms with Gasteiger partial charge in [-0.3, -0.25) is 0 Å². The molecule has 0 aromatic heterocycles. The maximum Gasteiger partial charge on any atom is 0.315 e. The minimum Gasteiger partial charge on any atom is -0.378 e. The highest BCUT2D eigenvalue weighted by molar-refractivity contribution is 5.74. The predicted octanol–water partition coefficient (Wildman–Crippen LogP) is 3.45. The summed E-state index contributed by atoms with van der Waals surface area (Å²) < 4.78 is 19.4. The zero-order valence-electron chi connectivity index (χ0n) is 13.8. The van der Waals surface area contributed by atoms with Gasteiger partial charge in [0.05, 0.1) is 12.1 Å². The zero-order valence-corrected chi connectivity index (χ0v) is 13.8. The van der Waals surface area contributed by atoms with Crippen molar-refractivity contribution in [3.63, 3.8) is 0 Å². The van der Waals surface area contributed by atoms with Crippen LogP contribution in [0.3, 0.4) is 0 Å². The number of hydrogen-bond donors (Lipinski definition) is 2. The summed E-state index contributed by atoms with van der Waals surface area (Å²) >= 11 is 0. The molecule has 1 aromatic carbocycles. The van der Waals surface area contributed by atoms with Gasteiger partial charge in [0.15, 0.2) is 0 Å². The molecule has 0 unspecified atom stereocenters. The second kappa shape index (κ2) is 6.87. The van der Waals surface area contributed by atoms with E-state index < -0.39 is 0 Å². The highest BCUT2D eigenvalue weighted by Crippen LogP contribution is 2.38. The summed E-state index contributed by atoms with van der Waals surface area (Å²) in [7, 11) is 0. The van der Waals surface area contributed by atoms with Crippen molar-refractivity contribution in [3.05, 3.63) is 35.1 Å². The van der Waals surface area contributed by atoms with E-state index in [-0.39, 0.29) is 23.9 Å². The number of urea groups is 1. The van der Waals surface area contributed by atoms with Crippen LogP contribution in [-0.2, 0) is 4.74 Å². The molecule has 1 saturated heterocycles. The van der Waals surface area contributed by atoms with Crippen LogP contribution in [0.25, 0.3) is 0 Å². The van der Waals surface area contributed by atoms with Gasteiger partial charge in [0.25, 0.3) is 0 Å². The molecule has 1 heterocycles. The molecule has 2 aliphatic rings. The lowest BCUT2D eigenvalue weighted by Crippen LogP contribution is -2.47. The van der Waals surface area contributed by atoms with Crippen LogP contribution < -0.4 is 10.6 Å². The Morgan fingerprint density at radius 2 is 2.13 bits per heavy atom. The Morgan fingerprint density at radius 3 is 2.83 bits per heavy atom. The summed E-state index contributed by atoms with van der Waals surface area (Å²) in [6, 6.07) is 4.80. The number of benzene rings is 1. The van der Waals surface area contributed by atoms with E-state index in [1.165, 1.54) is 18.9 Å². The van der Waals surface area contributed by atoms with Crippen molar-refractivity contribution in [1.29, 1.82) is 0 Å². The maximum atomic E-state index is 13.6. The highest BCUT2D eigenvalue weighted by atomic mass is 19.1. The number of nitrogens with one attached hydrogen (secondary N) is 2. The van der Waals surface area contributed by atoms with E-state index >= 15 is 0 Å². The normalized spacial score (nSPS) is 25.7. The summed E-state index contributed by atoms with van der Waals surface area (Å²) in [5, 5.41) is 5.93. The van der Waals surface area contributed by atoms with Crippen molar-refractivity contribution in [1.82, 2.24) is 10.6 Å². The Balaban J connectivity index is 1.50. The molecule has 0 bridgehead atoms. The molecule has 1 aliphatic heterocycles. The van der Waals surface area contributed by atoms with Crippen molar-refractivity contribution in [2.45, 2.75) is 57.7 Å². The predicted molar refractivity (Wildman–Crippen MR) is 86.7 cm³/mol. The standard InChI is InChI=1S/C18H25FN2O2/c1-11-3-4-14(9-16(11)19)12(2)20-18(22)21-15-7-8-23-17(10-15)13-5-6-13/h3-4,9,12-13,15,17H,5-8,10H2,1-2H3,(H2,20,21,22)/t12-,15+,17+/m0/s1. The molecular weight excluding hydrogens is 295 g/mol. The van der Waals surface area contributed by atoms with E-state index in [0.717, 1.165) is 18.4 Å². The molecule has 0 spiro atoms. The largest absolute Gasteiger partial charge is 0.378 e. The second-order valence-corrected chi connectivity index (χ2v) is 6.82. The number of carbonyl (C=O) groups is 1. The van der Waals surface area contributed by atoms with Crippen LogP contribution in [-0.4, -0.2) is 24.8 Å². The number of rotatable bonds is 4. The minimum atomic E-state index is -0.242. The quantitative estimate of drug-likeness (QED) is 0.893. The Morgan fingerprint density at radius 1 is 1.35 bits per heavy atom. The van der Waals surface area contributed by atoms with Crippen LogP contribution in [0.15, 0.2) is 18.2 Å². The molecule has 5 heteroatoms. The monoisotopic (exact) mass is 320 g/mol. The Hall–Kier alpha value is -1.62. The van der Waals surface area contributed by atoms with Crippen molar-refractivity contribution in [2.24, 2.45) is 5.92 Å². The van der Waals surface area contributed by atoms with Gasteiger partial charge in [-0.15, -0.1) is 0 Å². The summed E-state index contributed by atoms with van der Waals surface area (Å²) in [5.41, 5.74) is 1.38. The summed E-state index contributed by atoms with van der Waals surface area (Å²) in [5.74, 6) is 0.449. The Labute approximate surface area is 136 Å². The van der Waals surface area contributed by atoms with Crippen molar-refractivity contribution in [2.75, 3.05) is 6.61 Å². The van der Waals surface area contributed by atoms with Crippen molar-refractivity contribution in [3.8, 4) is 0 Å². The number of halogens is 1. The van der Waals surface area contributed by atoms with Crippen LogP contribution in [0.1, 0.15) is 49.8 Å². The van der Waals surface area contributed by atoms with Crippen molar-refractivity contribution < 1.29 is 13.9 Å². The molecule has 3 atom stereocenters. The third-order valence-electron chi connectivity index (χ3n) is 4.84. The lowest BCUT2D eigenvalue weighted by Gasteiger charge is -2.30. The molecule has 3 rings (SSSR count). The summed E-state index contributed by atoms with van der Waals surface area (Å²) in [6.45, 7) is 4.30. The molecule has 2 N–H and O–H groups in total. The maximum absolute atomic E-state index is 13.6. The fourth-order valence-electron chi connectivity index (χ4n) is 3.14. The first kappa shape index (κ1) is 16.2. The fourth-order valence-corrected chi connectivity index (χ4v) is 3.14. The van der Waals surface area contributed by atoms with Gasteiger partial charge < -0.3 is 15.4 Å². The van der Waals surface area contributed by atoms with Gasteiger partial charge in [-0.2, -0.15) is 0 Å². The van der Waals surface area contributed by atoms with E-state index in [2.05, 4.69) is 10.6 Å². The molecule has 1 saturated carbocycles. The average molecular weight is 320 g/mol. The van der Waals surface area contributed by atoms with Gasteiger partial charge >= 0.3 is 6.03 Å². The lowest BCUT2D eigenvalue weighted by atomic mass is 10.0. The van der Waals surface area contributed by atoms with Crippen LogP contribution in [0.2, 0.25) is 0 Å². The molecular formula is C18H25FN2O2. The molecule has 0 radical (unpaired) electrons. The smallest absolute Gasteiger partial charge is 0.315 e. The third kappa shape index (κ3) is 4.22. The van der Waals surface area contributed by atoms with E-state index in [0.29, 0.717) is 24.2 Å². The van der Waals surface area contributed by atoms with Gasteiger partial charge in [-0.1, -0.05) is 12.1 Å². The van der Waals surface area contributed by atoms with Gasteiger partial charge in [-0.25, -0.2) is 9.18 Å². The molecule has 2 amide bonds. The first-order valence-electron chi connectivity index (χ1n) is 8.47. The first-order chi connectivity index (χ1) is 11.0. The fraction of sp³-hybridized carbons (Fsp3) is 0.611. The van der Waals surface area contributed by atoms with Gasteiger partial charge in [0.2, 0.25) is 0 Å². The molecule has 1 aromatic rings. The number of amides is 2. The SMILES string of the molecule is Cc1ccc([C@H](C)NC(=O)N[C@@H]2CCO[C@@H](C3CC3)C2)cc1F. The average Bonchev–Trinajstić information content (AvgIpc) is 3.35. The Bertz CT molecular complexity index is 574. The minimum absolute atomic E-state index is 0.163. The van der Waals surface area contributed by atoms with Crippen LogP contribution in [0, 0.1) is 18.7 Å². The van der Waals surface area contributed by atoms with Gasteiger partial charge in [0.1, 0.15) is 5.82 Å². The molecule has 4 nitrogen and oxygen atoms in total.